The fraction of sp³-hybridized carbons (Fsp3) is 0.158. The van der Waals surface area contributed by atoms with Gasteiger partial charge >= 0.3 is 11.9 Å². The SMILES string of the molecule is Cc1c([N+](=O)[O-])cnn1CC(=O)Nc1cc(Oc2cccc(C(F)(F)F)c2)cc([N+](=O)[O-])c1. The lowest BCUT2D eigenvalue weighted by molar-refractivity contribution is -0.385. The smallest absolute Gasteiger partial charge is 0.416 e. The summed E-state index contributed by atoms with van der Waals surface area (Å²) in [5.41, 5.74) is -1.68. The third-order valence-electron chi connectivity index (χ3n) is 4.35. The molecular weight excluding hydrogens is 451 g/mol. The van der Waals surface area contributed by atoms with Crippen LogP contribution in [0.15, 0.2) is 48.7 Å². The van der Waals surface area contributed by atoms with E-state index in [9.17, 15) is 38.2 Å². The van der Waals surface area contributed by atoms with Gasteiger partial charge in [-0.05, 0) is 25.1 Å². The van der Waals surface area contributed by atoms with E-state index in [0.717, 1.165) is 41.2 Å². The fourth-order valence-corrected chi connectivity index (χ4v) is 2.80. The lowest BCUT2D eigenvalue weighted by Crippen LogP contribution is -2.20. The molecule has 1 aromatic heterocycles. The van der Waals surface area contributed by atoms with E-state index in [4.69, 9.17) is 4.74 Å². The molecule has 0 radical (unpaired) electrons. The van der Waals surface area contributed by atoms with E-state index in [0.29, 0.717) is 0 Å². The molecule has 172 valence electrons. The van der Waals surface area contributed by atoms with Gasteiger partial charge in [0.25, 0.3) is 5.69 Å². The number of nitrogens with one attached hydrogen (secondary N) is 1. The van der Waals surface area contributed by atoms with Crippen LogP contribution in [0.25, 0.3) is 0 Å². The first-order chi connectivity index (χ1) is 15.4. The molecule has 3 aromatic rings. The number of aromatic nitrogens is 2. The number of nitrogens with zero attached hydrogens (tertiary/aromatic N) is 4. The van der Waals surface area contributed by atoms with E-state index in [-0.39, 0.29) is 28.6 Å². The first-order valence-electron chi connectivity index (χ1n) is 9.05. The molecule has 0 saturated carbocycles. The first-order valence-corrected chi connectivity index (χ1v) is 9.05. The molecule has 0 unspecified atom stereocenters. The van der Waals surface area contributed by atoms with Gasteiger partial charge in [0.1, 0.15) is 29.9 Å². The maximum absolute atomic E-state index is 12.9. The predicted octanol–water partition coefficient (Wildman–Crippen LogP) is 4.46. The van der Waals surface area contributed by atoms with Gasteiger partial charge in [-0.3, -0.25) is 29.7 Å². The second-order valence-electron chi connectivity index (χ2n) is 6.68. The monoisotopic (exact) mass is 465 g/mol. The second-order valence-corrected chi connectivity index (χ2v) is 6.68. The minimum absolute atomic E-state index is 0.0736. The number of rotatable bonds is 7. The highest BCUT2D eigenvalue weighted by molar-refractivity contribution is 5.91. The average Bonchev–Trinajstić information content (AvgIpc) is 3.07. The van der Waals surface area contributed by atoms with E-state index in [1.54, 1.807) is 0 Å². The van der Waals surface area contributed by atoms with Crippen molar-refractivity contribution >= 4 is 23.0 Å². The molecule has 2 aromatic carbocycles. The van der Waals surface area contributed by atoms with Crippen LogP contribution in [-0.2, 0) is 17.5 Å². The molecule has 1 heterocycles. The Bertz CT molecular complexity index is 1240. The number of carbonyl (C=O) groups excluding carboxylic acids is 1. The third-order valence-corrected chi connectivity index (χ3v) is 4.35. The van der Waals surface area contributed by atoms with Crippen molar-refractivity contribution in [1.82, 2.24) is 9.78 Å². The van der Waals surface area contributed by atoms with Gasteiger partial charge in [0.2, 0.25) is 5.91 Å². The number of ether oxygens (including phenoxy) is 1. The van der Waals surface area contributed by atoms with Gasteiger partial charge in [-0.25, -0.2) is 0 Å². The van der Waals surface area contributed by atoms with Crippen molar-refractivity contribution in [3.63, 3.8) is 0 Å². The van der Waals surface area contributed by atoms with E-state index in [1.807, 2.05) is 0 Å². The molecule has 1 N–H and O–H groups in total. The minimum Gasteiger partial charge on any atom is -0.457 e. The zero-order valence-corrected chi connectivity index (χ0v) is 16.7. The standard InChI is InChI=1S/C19H14F3N5O6/c1-11-17(27(31)32)9-23-25(11)10-18(28)24-13-6-14(26(29)30)8-16(7-13)33-15-4-2-3-12(5-15)19(20,21)22/h2-9H,10H2,1H3,(H,24,28). The van der Waals surface area contributed by atoms with Crippen molar-refractivity contribution in [2.24, 2.45) is 0 Å². The summed E-state index contributed by atoms with van der Waals surface area (Å²) in [5, 5.41) is 28.3. The molecular formula is C19H14F3N5O6. The zero-order chi connectivity index (χ0) is 24.3. The molecule has 0 bridgehead atoms. The molecule has 0 aliphatic rings. The Kier molecular flexibility index (Phi) is 6.28. The molecule has 33 heavy (non-hydrogen) atoms. The number of nitro groups is 2. The predicted molar refractivity (Wildman–Crippen MR) is 107 cm³/mol. The Morgan fingerprint density at radius 2 is 1.85 bits per heavy atom. The summed E-state index contributed by atoms with van der Waals surface area (Å²) < 4.78 is 45.1. The van der Waals surface area contributed by atoms with Crippen LogP contribution in [0.5, 0.6) is 11.5 Å². The fourth-order valence-electron chi connectivity index (χ4n) is 2.80. The number of benzene rings is 2. The van der Waals surface area contributed by atoms with Crippen LogP contribution >= 0.6 is 0 Å². The van der Waals surface area contributed by atoms with Gasteiger partial charge < -0.3 is 10.1 Å². The van der Waals surface area contributed by atoms with E-state index >= 15 is 0 Å². The van der Waals surface area contributed by atoms with Crippen molar-refractivity contribution in [1.29, 1.82) is 0 Å². The van der Waals surface area contributed by atoms with Crippen molar-refractivity contribution in [3.8, 4) is 11.5 Å². The van der Waals surface area contributed by atoms with E-state index in [1.165, 1.54) is 19.1 Å². The normalized spacial score (nSPS) is 11.2. The Labute approximate surface area is 182 Å². The van der Waals surface area contributed by atoms with Crippen molar-refractivity contribution in [2.45, 2.75) is 19.6 Å². The molecule has 1 amide bonds. The largest absolute Gasteiger partial charge is 0.457 e. The number of anilines is 1. The van der Waals surface area contributed by atoms with Crippen LogP contribution in [0.3, 0.4) is 0 Å². The molecule has 0 fully saturated rings. The number of nitro benzene ring substituents is 1. The lowest BCUT2D eigenvalue weighted by atomic mass is 10.2. The van der Waals surface area contributed by atoms with Crippen LogP contribution in [0, 0.1) is 27.2 Å². The van der Waals surface area contributed by atoms with Crippen LogP contribution in [0.4, 0.5) is 30.2 Å². The number of halogens is 3. The van der Waals surface area contributed by atoms with E-state index in [2.05, 4.69) is 10.4 Å². The highest BCUT2D eigenvalue weighted by Gasteiger charge is 2.30. The Morgan fingerprint density at radius 3 is 2.45 bits per heavy atom. The van der Waals surface area contributed by atoms with Crippen molar-refractivity contribution in [3.05, 3.63) is 80.1 Å². The summed E-state index contributed by atoms with van der Waals surface area (Å²) in [6.07, 6.45) is -3.63. The van der Waals surface area contributed by atoms with Gasteiger partial charge in [-0.2, -0.15) is 18.3 Å². The molecule has 0 saturated heterocycles. The Balaban J connectivity index is 1.82. The molecule has 0 spiro atoms. The van der Waals surface area contributed by atoms with Gasteiger partial charge in [-0.1, -0.05) is 6.07 Å². The van der Waals surface area contributed by atoms with Crippen molar-refractivity contribution in [2.75, 3.05) is 5.32 Å². The first kappa shape index (κ1) is 23.2. The van der Waals surface area contributed by atoms with Gasteiger partial charge in [0.15, 0.2) is 0 Å². The highest BCUT2D eigenvalue weighted by Crippen LogP contribution is 2.34. The summed E-state index contributed by atoms with van der Waals surface area (Å²) in [4.78, 5) is 33.0. The molecule has 0 aliphatic heterocycles. The lowest BCUT2D eigenvalue weighted by Gasteiger charge is -2.12. The molecule has 0 aliphatic carbocycles. The molecule has 0 atom stereocenters. The third kappa shape index (κ3) is 5.61. The quantitative estimate of drug-likeness (QED) is 0.401. The van der Waals surface area contributed by atoms with Gasteiger partial charge in [-0.15, -0.1) is 0 Å². The summed E-state index contributed by atoms with van der Waals surface area (Å²) in [5.74, 6) is -1.12. The number of amides is 1. The number of hydrogen-bond donors (Lipinski definition) is 1. The summed E-state index contributed by atoms with van der Waals surface area (Å²) in [6, 6.07) is 7.11. The van der Waals surface area contributed by atoms with Crippen LogP contribution in [0.1, 0.15) is 11.3 Å². The summed E-state index contributed by atoms with van der Waals surface area (Å²) in [7, 11) is 0. The minimum atomic E-state index is -4.61. The second kappa shape index (κ2) is 8.94. The average molecular weight is 465 g/mol. The van der Waals surface area contributed by atoms with E-state index < -0.39 is 39.7 Å². The number of hydrogen-bond acceptors (Lipinski definition) is 7. The number of alkyl halides is 3. The summed E-state index contributed by atoms with van der Waals surface area (Å²) in [6.45, 7) is 0.971. The Hall–Kier alpha value is -4.49. The van der Waals surface area contributed by atoms with Crippen LogP contribution in [-0.4, -0.2) is 25.5 Å². The highest BCUT2D eigenvalue weighted by atomic mass is 19.4. The zero-order valence-electron chi connectivity index (χ0n) is 16.7. The number of non-ortho nitro benzene ring substituents is 1. The van der Waals surface area contributed by atoms with Crippen molar-refractivity contribution < 1.29 is 32.5 Å². The van der Waals surface area contributed by atoms with Crippen LogP contribution in [0.2, 0.25) is 0 Å². The Morgan fingerprint density at radius 1 is 1.12 bits per heavy atom. The topological polar surface area (TPSA) is 142 Å². The van der Waals surface area contributed by atoms with Crippen LogP contribution < -0.4 is 10.1 Å². The maximum atomic E-state index is 12.9. The maximum Gasteiger partial charge on any atom is 0.416 e. The van der Waals surface area contributed by atoms with Gasteiger partial charge in [0, 0.05) is 12.1 Å². The molecule has 14 heteroatoms. The van der Waals surface area contributed by atoms with Gasteiger partial charge in [0.05, 0.1) is 27.2 Å². The summed E-state index contributed by atoms with van der Waals surface area (Å²) >= 11 is 0. The number of carbonyl (C=O) groups is 1. The molecule has 3 rings (SSSR count). The molecule has 11 nitrogen and oxygen atoms in total.